The van der Waals surface area contributed by atoms with Gasteiger partial charge in [0.05, 0.1) is 0 Å². The number of benzene rings is 1. The van der Waals surface area contributed by atoms with Gasteiger partial charge in [0.1, 0.15) is 11.6 Å². The number of amides is 1. The van der Waals surface area contributed by atoms with E-state index in [2.05, 4.69) is 12.2 Å². The van der Waals surface area contributed by atoms with Crippen LogP contribution in [0.1, 0.15) is 38.2 Å². The molecular weight excluding hydrogens is 286 g/mol. The maximum Gasteiger partial charge on any atom is 0.262 e. The van der Waals surface area contributed by atoms with Crippen LogP contribution in [0.4, 0.5) is 5.69 Å². The summed E-state index contributed by atoms with van der Waals surface area (Å²) < 4.78 is 0. The fraction of sp³-hybridized carbons (Fsp3) is 0.474. The third-order valence-electron chi connectivity index (χ3n) is 4.51. The molecule has 0 saturated heterocycles. The first-order chi connectivity index (χ1) is 11.0. The van der Waals surface area contributed by atoms with Crippen molar-refractivity contribution in [2.24, 2.45) is 5.92 Å². The van der Waals surface area contributed by atoms with Crippen LogP contribution in [0.15, 0.2) is 29.8 Å². The molecular formula is C19H25N3O. The number of carbonyl (C=O) groups is 1. The Labute approximate surface area is 138 Å². The highest BCUT2D eigenvalue weighted by atomic mass is 16.1. The maximum atomic E-state index is 12.4. The number of nitrogens with one attached hydrogen (secondary N) is 1. The average molecular weight is 311 g/mol. The number of hydrogen-bond donors (Lipinski definition) is 1. The monoisotopic (exact) mass is 311 g/mol. The summed E-state index contributed by atoms with van der Waals surface area (Å²) in [5.41, 5.74) is 2.11. The minimum Gasteiger partial charge on any atom is -0.378 e. The third-order valence-corrected chi connectivity index (χ3v) is 4.51. The van der Waals surface area contributed by atoms with E-state index in [1.165, 1.54) is 6.42 Å². The van der Waals surface area contributed by atoms with Crippen LogP contribution in [-0.2, 0) is 4.79 Å². The number of nitrogens with zero attached hydrogens (tertiary/aromatic N) is 2. The lowest BCUT2D eigenvalue weighted by molar-refractivity contribution is -0.118. The average Bonchev–Trinajstić information content (AvgIpc) is 2.55. The summed E-state index contributed by atoms with van der Waals surface area (Å²) in [4.78, 5) is 14.4. The summed E-state index contributed by atoms with van der Waals surface area (Å²) in [5.74, 6) is 0.218. The largest absolute Gasteiger partial charge is 0.378 e. The lowest BCUT2D eigenvalue weighted by atomic mass is 9.86. The van der Waals surface area contributed by atoms with Crippen molar-refractivity contribution in [1.82, 2.24) is 5.32 Å². The molecule has 1 aliphatic carbocycles. The fourth-order valence-corrected chi connectivity index (χ4v) is 2.96. The van der Waals surface area contributed by atoms with E-state index in [-0.39, 0.29) is 17.5 Å². The van der Waals surface area contributed by atoms with Gasteiger partial charge in [0.25, 0.3) is 5.91 Å². The standard InChI is InChI=1S/C19H25N3O/c1-14-6-4-5-7-18(14)21-19(23)16(13-20)12-15-8-10-17(11-9-15)22(2)3/h8-12,14,18H,4-7H2,1-3H3,(H,21,23)/b16-12+/t14-,18+/m0/s1. The first kappa shape index (κ1) is 17.1. The van der Waals surface area contributed by atoms with Gasteiger partial charge in [-0.25, -0.2) is 0 Å². The smallest absolute Gasteiger partial charge is 0.262 e. The van der Waals surface area contributed by atoms with Gasteiger partial charge in [-0.2, -0.15) is 5.26 Å². The highest BCUT2D eigenvalue weighted by molar-refractivity contribution is 6.01. The zero-order valence-corrected chi connectivity index (χ0v) is 14.2. The molecule has 0 unspecified atom stereocenters. The van der Waals surface area contributed by atoms with Crippen LogP contribution < -0.4 is 10.2 Å². The van der Waals surface area contributed by atoms with E-state index in [1.807, 2.05) is 49.3 Å². The molecule has 1 fully saturated rings. The van der Waals surface area contributed by atoms with Gasteiger partial charge >= 0.3 is 0 Å². The Balaban J connectivity index is 2.08. The molecule has 4 nitrogen and oxygen atoms in total. The first-order valence-electron chi connectivity index (χ1n) is 8.21. The molecule has 122 valence electrons. The molecule has 1 saturated carbocycles. The zero-order valence-electron chi connectivity index (χ0n) is 14.2. The molecule has 0 aliphatic heterocycles. The van der Waals surface area contributed by atoms with Gasteiger partial charge in [-0.15, -0.1) is 0 Å². The van der Waals surface area contributed by atoms with E-state index in [9.17, 15) is 10.1 Å². The molecule has 0 aromatic heterocycles. The Morgan fingerprint density at radius 2 is 1.91 bits per heavy atom. The van der Waals surface area contributed by atoms with Gasteiger partial charge in [0.15, 0.2) is 0 Å². The van der Waals surface area contributed by atoms with E-state index in [4.69, 9.17) is 0 Å². The van der Waals surface area contributed by atoms with Crippen LogP contribution >= 0.6 is 0 Å². The molecule has 1 amide bonds. The zero-order chi connectivity index (χ0) is 16.8. The molecule has 2 atom stereocenters. The molecule has 0 spiro atoms. The Hall–Kier alpha value is -2.28. The van der Waals surface area contributed by atoms with E-state index < -0.39 is 0 Å². The molecule has 4 heteroatoms. The number of anilines is 1. The van der Waals surface area contributed by atoms with Crippen molar-refractivity contribution in [3.63, 3.8) is 0 Å². The normalized spacial score (nSPS) is 21.4. The molecule has 1 aliphatic rings. The summed E-state index contributed by atoms with van der Waals surface area (Å²) in [6.07, 6.45) is 6.17. The fourth-order valence-electron chi connectivity index (χ4n) is 2.96. The Morgan fingerprint density at radius 3 is 2.48 bits per heavy atom. The second kappa shape index (κ2) is 7.82. The maximum absolute atomic E-state index is 12.4. The van der Waals surface area contributed by atoms with Gasteiger partial charge in [-0.1, -0.05) is 31.9 Å². The predicted octanol–water partition coefficient (Wildman–Crippen LogP) is 3.35. The van der Waals surface area contributed by atoms with E-state index in [0.29, 0.717) is 5.92 Å². The van der Waals surface area contributed by atoms with E-state index >= 15 is 0 Å². The summed E-state index contributed by atoms with van der Waals surface area (Å²) in [6, 6.07) is 10.0. The lowest BCUT2D eigenvalue weighted by Gasteiger charge is -2.29. The number of rotatable bonds is 4. The summed E-state index contributed by atoms with van der Waals surface area (Å²) in [7, 11) is 3.95. The highest BCUT2D eigenvalue weighted by Crippen LogP contribution is 2.24. The van der Waals surface area contributed by atoms with Gasteiger partial charge < -0.3 is 10.2 Å². The lowest BCUT2D eigenvalue weighted by Crippen LogP contribution is -2.41. The Bertz CT molecular complexity index is 610. The molecule has 0 heterocycles. The quantitative estimate of drug-likeness (QED) is 0.685. The van der Waals surface area contributed by atoms with E-state index in [0.717, 1.165) is 30.5 Å². The number of hydrogen-bond acceptors (Lipinski definition) is 3. The molecule has 1 aromatic rings. The minimum absolute atomic E-state index is 0.167. The Morgan fingerprint density at radius 1 is 1.26 bits per heavy atom. The van der Waals surface area contributed by atoms with Crippen LogP contribution in [0.5, 0.6) is 0 Å². The van der Waals surface area contributed by atoms with Gasteiger partial charge in [0.2, 0.25) is 0 Å². The summed E-state index contributed by atoms with van der Waals surface area (Å²) >= 11 is 0. The second-order valence-electron chi connectivity index (χ2n) is 6.50. The number of nitriles is 1. The Kier molecular flexibility index (Phi) is 5.81. The van der Waals surface area contributed by atoms with Crippen molar-refractivity contribution in [2.45, 2.75) is 38.6 Å². The van der Waals surface area contributed by atoms with Crippen LogP contribution in [0, 0.1) is 17.2 Å². The highest BCUT2D eigenvalue weighted by Gasteiger charge is 2.23. The first-order valence-corrected chi connectivity index (χ1v) is 8.21. The van der Waals surface area contributed by atoms with Crippen molar-refractivity contribution in [1.29, 1.82) is 5.26 Å². The minimum atomic E-state index is -0.261. The third kappa shape index (κ3) is 4.59. The molecule has 1 N–H and O–H groups in total. The van der Waals surface area contributed by atoms with Crippen molar-refractivity contribution in [3.8, 4) is 6.07 Å². The van der Waals surface area contributed by atoms with Crippen LogP contribution in [0.25, 0.3) is 6.08 Å². The second-order valence-corrected chi connectivity index (χ2v) is 6.50. The van der Waals surface area contributed by atoms with Crippen LogP contribution in [-0.4, -0.2) is 26.0 Å². The molecule has 1 aromatic carbocycles. The summed E-state index contributed by atoms with van der Waals surface area (Å²) in [6.45, 7) is 2.17. The SMILES string of the molecule is C[C@H]1CCCC[C@H]1NC(=O)/C(C#N)=C/c1ccc(N(C)C)cc1. The van der Waals surface area contributed by atoms with Gasteiger partial charge in [0, 0.05) is 25.8 Å². The number of carbonyl (C=O) groups excluding carboxylic acids is 1. The van der Waals surface area contributed by atoms with Crippen LogP contribution in [0.3, 0.4) is 0 Å². The van der Waals surface area contributed by atoms with Crippen LogP contribution in [0.2, 0.25) is 0 Å². The van der Waals surface area contributed by atoms with Crippen molar-refractivity contribution < 1.29 is 4.79 Å². The molecule has 0 bridgehead atoms. The van der Waals surface area contributed by atoms with Crippen molar-refractivity contribution in [3.05, 3.63) is 35.4 Å². The van der Waals surface area contributed by atoms with Gasteiger partial charge in [-0.3, -0.25) is 4.79 Å². The molecule has 0 radical (unpaired) electrons. The summed E-state index contributed by atoms with van der Waals surface area (Å²) in [5, 5.41) is 12.3. The topological polar surface area (TPSA) is 56.1 Å². The van der Waals surface area contributed by atoms with Crippen molar-refractivity contribution in [2.75, 3.05) is 19.0 Å². The molecule has 23 heavy (non-hydrogen) atoms. The van der Waals surface area contributed by atoms with E-state index in [1.54, 1.807) is 6.08 Å². The van der Waals surface area contributed by atoms with Crippen molar-refractivity contribution >= 4 is 17.7 Å². The van der Waals surface area contributed by atoms with Gasteiger partial charge in [-0.05, 0) is 42.5 Å². The predicted molar refractivity (Wildman–Crippen MR) is 93.9 cm³/mol. The molecule has 2 rings (SSSR count).